The minimum absolute atomic E-state index is 0.0578. The molecular weight excluding hydrogens is 398 g/mol. The summed E-state index contributed by atoms with van der Waals surface area (Å²) in [7, 11) is 5.72. The lowest BCUT2D eigenvalue weighted by molar-refractivity contribution is -0.124. The fourth-order valence-corrected chi connectivity index (χ4v) is 2.84. The number of carbonyl (C=O) groups excluding carboxylic acids is 1. The van der Waals surface area contributed by atoms with Crippen LogP contribution in [0.5, 0.6) is 11.5 Å². The molecule has 148 valence electrons. The molecule has 0 aliphatic carbocycles. The average molecular weight is 430 g/mol. The molecule has 1 aromatic carbocycles. The van der Waals surface area contributed by atoms with Crippen LogP contribution in [-0.4, -0.2) is 57.2 Å². The number of nitrogens with zero attached hydrogens (tertiary/aromatic N) is 1. The third kappa shape index (κ3) is 8.38. The first-order chi connectivity index (χ1) is 12.1. The highest BCUT2D eigenvalue weighted by Gasteiger charge is 2.18. The van der Waals surface area contributed by atoms with Crippen molar-refractivity contribution in [2.24, 2.45) is 0 Å². The van der Waals surface area contributed by atoms with Crippen LogP contribution in [0.25, 0.3) is 0 Å². The molecule has 7 heteroatoms. The molecular formula is C19H32BrN3O3. The molecule has 0 spiro atoms. The number of benzene rings is 1. The number of rotatable bonds is 10. The van der Waals surface area contributed by atoms with Crippen LogP contribution in [0.4, 0.5) is 0 Å². The highest BCUT2D eigenvalue weighted by atomic mass is 79.9. The van der Waals surface area contributed by atoms with Crippen LogP contribution in [0.15, 0.2) is 16.6 Å². The predicted molar refractivity (Wildman–Crippen MR) is 109 cm³/mol. The topological polar surface area (TPSA) is 62.8 Å². The number of hydrogen-bond donors (Lipinski definition) is 2. The van der Waals surface area contributed by atoms with Gasteiger partial charge in [0.05, 0.1) is 7.11 Å². The van der Waals surface area contributed by atoms with E-state index in [0.717, 1.165) is 29.5 Å². The molecule has 0 aromatic heterocycles. The summed E-state index contributed by atoms with van der Waals surface area (Å²) in [6, 6.07) is 3.76. The van der Waals surface area contributed by atoms with Crippen molar-refractivity contribution in [1.29, 1.82) is 0 Å². The monoisotopic (exact) mass is 429 g/mol. The van der Waals surface area contributed by atoms with E-state index in [-0.39, 0.29) is 18.1 Å². The van der Waals surface area contributed by atoms with E-state index in [1.165, 1.54) is 0 Å². The second-order valence-electron chi connectivity index (χ2n) is 7.48. The van der Waals surface area contributed by atoms with Gasteiger partial charge >= 0.3 is 0 Å². The molecule has 0 bridgehead atoms. The molecule has 1 amide bonds. The number of carbonyl (C=O) groups is 1. The first kappa shape index (κ1) is 22.7. The summed E-state index contributed by atoms with van der Waals surface area (Å²) in [4.78, 5) is 14.2. The largest absolute Gasteiger partial charge is 0.493 e. The van der Waals surface area contributed by atoms with Gasteiger partial charge in [0, 0.05) is 22.1 Å². The van der Waals surface area contributed by atoms with Crippen LogP contribution >= 0.6 is 15.9 Å². The summed E-state index contributed by atoms with van der Waals surface area (Å²) < 4.78 is 12.2. The van der Waals surface area contributed by atoms with Gasteiger partial charge in [-0.2, -0.15) is 0 Å². The molecule has 0 aliphatic rings. The molecule has 6 nitrogen and oxygen atoms in total. The van der Waals surface area contributed by atoms with E-state index in [1.54, 1.807) is 7.11 Å². The molecule has 0 unspecified atom stereocenters. The lowest BCUT2D eigenvalue weighted by Crippen LogP contribution is -2.43. The Morgan fingerprint density at radius 3 is 2.54 bits per heavy atom. The smallest absolute Gasteiger partial charge is 0.258 e. The van der Waals surface area contributed by atoms with Crippen molar-refractivity contribution >= 4 is 21.8 Å². The van der Waals surface area contributed by atoms with E-state index < -0.39 is 0 Å². The Morgan fingerprint density at radius 2 is 1.96 bits per heavy atom. The molecule has 0 aliphatic heterocycles. The van der Waals surface area contributed by atoms with Crippen LogP contribution in [0.1, 0.15) is 32.8 Å². The van der Waals surface area contributed by atoms with E-state index in [0.29, 0.717) is 18.0 Å². The van der Waals surface area contributed by atoms with Crippen LogP contribution in [-0.2, 0) is 11.3 Å². The zero-order valence-corrected chi connectivity index (χ0v) is 18.3. The van der Waals surface area contributed by atoms with Gasteiger partial charge in [-0.1, -0.05) is 15.9 Å². The minimum atomic E-state index is -0.293. The van der Waals surface area contributed by atoms with E-state index in [9.17, 15) is 4.79 Å². The van der Waals surface area contributed by atoms with E-state index in [4.69, 9.17) is 9.47 Å². The van der Waals surface area contributed by atoms with Crippen molar-refractivity contribution < 1.29 is 14.3 Å². The molecule has 0 radical (unpaired) electrons. The quantitative estimate of drug-likeness (QED) is 0.559. The van der Waals surface area contributed by atoms with Crippen molar-refractivity contribution in [3.8, 4) is 11.5 Å². The van der Waals surface area contributed by atoms with Crippen LogP contribution in [0.2, 0.25) is 0 Å². The normalized spacial score (nSPS) is 11.5. The zero-order valence-electron chi connectivity index (χ0n) is 16.7. The van der Waals surface area contributed by atoms with Gasteiger partial charge in [0.15, 0.2) is 18.1 Å². The Kier molecular flexibility index (Phi) is 9.39. The second-order valence-corrected chi connectivity index (χ2v) is 8.33. The molecule has 0 atom stereocenters. The van der Waals surface area contributed by atoms with Crippen LogP contribution in [0.3, 0.4) is 0 Å². The maximum absolute atomic E-state index is 12.1. The van der Waals surface area contributed by atoms with Gasteiger partial charge in [0.1, 0.15) is 0 Å². The van der Waals surface area contributed by atoms with Gasteiger partial charge in [0.25, 0.3) is 5.91 Å². The Labute approximate surface area is 165 Å². The van der Waals surface area contributed by atoms with Crippen LogP contribution < -0.4 is 20.1 Å². The number of nitrogens with one attached hydrogen (secondary N) is 2. The molecule has 0 fully saturated rings. The third-order valence-electron chi connectivity index (χ3n) is 3.51. The molecule has 26 heavy (non-hydrogen) atoms. The number of methoxy groups -OCH3 is 1. The molecule has 2 N–H and O–H groups in total. The van der Waals surface area contributed by atoms with Gasteiger partial charge in [0.2, 0.25) is 0 Å². The van der Waals surface area contributed by atoms with Gasteiger partial charge in [-0.3, -0.25) is 4.79 Å². The van der Waals surface area contributed by atoms with Crippen LogP contribution in [0, 0.1) is 0 Å². The van der Waals surface area contributed by atoms with Crippen molar-refractivity contribution in [3.05, 3.63) is 22.2 Å². The summed E-state index contributed by atoms with van der Waals surface area (Å²) in [5.41, 5.74) is 0.649. The maximum Gasteiger partial charge on any atom is 0.258 e. The van der Waals surface area contributed by atoms with Crippen molar-refractivity contribution in [1.82, 2.24) is 15.5 Å². The SMILES string of the molecule is COc1ccc(Br)c(CNCCCN(C)C)c1OCC(=O)NC(C)(C)C. The molecule has 0 saturated carbocycles. The van der Waals surface area contributed by atoms with E-state index in [2.05, 4.69) is 45.6 Å². The second kappa shape index (κ2) is 10.7. The molecule has 0 saturated heterocycles. The van der Waals surface area contributed by atoms with Gasteiger partial charge in [-0.05, 0) is 66.5 Å². The minimum Gasteiger partial charge on any atom is -0.493 e. The summed E-state index contributed by atoms with van der Waals surface area (Å²) in [6.07, 6.45) is 1.05. The Hall–Kier alpha value is -1.31. The van der Waals surface area contributed by atoms with Gasteiger partial charge in [-0.25, -0.2) is 0 Å². The highest BCUT2D eigenvalue weighted by Crippen LogP contribution is 2.36. The summed E-state index contributed by atoms with van der Waals surface area (Å²) in [5, 5.41) is 6.32. The van der Waals surface area contributed by atoms with E-state index >= 15 is 0 Å². The maximum atomic E-state index is 12.1. The van der Waals surface area contributed by atoms with Crippen molar-refractivity contribution in [2.45, 2.75) is 39.3 Å². The molecule has 1 aromatic rings. The van der Waals surface area contributed by atoms with Crippen molar-refractivity contribution in [3.63, 3.8) is 0 Å². The van der Waals surface area contributed by atoms with Gasteiger partial charge < -0.3 is 25.0 Å². The van der Waals surface area contributed by atoms with Gasteiger partial charge in [-0.15, -0.1) is 0 Å². The molecule has 0 heterocycles. The lowest BCUT2D eigenvalue weighted by atomic mass is 10.1. The third-order valence-corrected chi connectivity index (χ3v) is 4.25. The summed E-state index contributed by atoms with van der Waals surface area (Å²) in [5.74, 6) is 1.04. The number of amides is 1. The number of halogens is 1. The fraction of sp³-hybridized carbons (Fsp3) is 0.632. The molecule has 1 rings (SSSR count). The summed E-state index contributed by atoms with van der Waals surface area (Å²) in [6.45, 7) is 8.31. The predicted octanol–water partition coefficient (Wildman–Crippen LogP) is 2.79. The number of ether oxygens (including phenoxy) is 2. The lowest BCUT2D eigenvalue weighted by Gasteiger charge is -2.21. The van der Waals surface area contributed by atoms with Crippen molar-refractivity contribution in [2.75, 3.05) is 40.9 Å². The van der Waals surface area contributed by atoms with E-state index in [1.807, 2.05) is 32.9 Å². The Morgan fingerprint density at radius 1 is 1.27 bits per heavy atom. The first-order valence-corrected chi connectivity index (χ1v) is 9.58. The Bertz CT molecular complexity index is 586. The summed E-state index contributed by atoms with van der Waals surface area (Å²) >= 11 is 3.57. The Balaban J connectivity index is 2.78. The average Bonchev–Trinajstić information content (AvgIpc) is 2.52. The standard InChI is InChI=1S/C19H32BrN3O3/c1-19(2,3)22-17(24)13-26-18-14(12-21-10-7-11-23(4)5)15(20)8-9-16(18)25-6/h8-9,21H,7,10-13H2,1-6H3,(H,22,24). The zero-order chi connectivity index (χ0) is 19.7. The highest BCUT2D eigenvalue weighted by molar-refractivity contribution is 9.10. The number of hydrogen-bond acceptors (Lipinski definition) is 5. The fourth-order valence-electron chi connectivity index (χ4n) is 2.39. The first-order valence-electron chi connectivity index (χ1n) is 8.78.